The molecule has 0 N–H and O–H groups in total. The van der Waals surface area contributed by atoms with Crippen LogP contribution in [0.3, 0.4) is 0 Å². The Morgan fingerprint density at radius 2 is 1.26 bits per heavy atom. The van der Waals surface area contributed by atoms with Gasteiger partial charge in [-0.25, -0.2) is 0 Å². The van der Waals surface area contributed by atoms with Crippen molar-refractivity contribution in [2.45, 2.75) is 32.9 Å². The molecule has 2 heterocycles. The van der Waals surface area contributed by atoms with Gasteiger partial charge in [-0.15, -0.1) is 0 Å². The summed E-state index contributed by atoms with van der Waals surface area (Å²) in [7, 11) is 1.41. The highest BCUT2D eigenvalue weighted by molar-refractivity contribution is 6.22. The molecule has 5 rings (SSSR count). The fourth-order valence-electron chi connectivity index (χ4n) is 5.81. The zero-order valence-corrected chi connectivity index (χ0v) is 19.3. The van der Waals surface area contributed by atoms with Gasteiger partial charge in [0.1, 0.15) is 0 Å². The van der Waals surface area contributed by atoms with E-state index >= 15 is 0 Å². The first-order valence-electron chi connectivity index (χ1n) is 11.4. The molecule has 6 nitrogen and oxygen atoms in total. The third kappa shape index (κ3) is 3.47. The standard InChI is InChI=1S/C26H23F3N2O4/c1-12-4-6-16(21(8-12)26(27,28)29)15-7-5-14(9-13(15)2)31-24(34)19-10-17-18(11-20(19)25(31)35)23(33)30(3)22(17)32/h4-9,17-20H,10-11H2,1-3H3. The maximum atomic E-state index is 13.7. The zero-order chi connectivity index (χ0) is 25.4. The molecule has 9 heteroatoms. The van der Waals surface area contributed by atoms with E-state index in [0.29, 0.717) is 16.7 Å². The van der Waals surface area contributed by atoms with Gasteiger partial charge in [-0.05, 0) is 61.6 Å². The number of anilines is 1. The number of hydrogen-bond acceptors (Lipinski definition) is 4. The fraction of sp³-hybridized carbons (Fsp3) is 0.385. The van der Waals surface area contributed by atoms with Gasteiger partial charge in [-0.1, -0.05) is 23.8 Å². The summed E-state index contributed by atoms with van der Waals surface area (Å²) in [6.45, 7) is 3.22. The first-order chi connectivity index (χ1) is 16.4. The van der Waals surface area contributed by atoms with Gasteiger partial charge in [0.05, 0.1) is 34.9 Å². The van der Waals surface area contributed by atoms with Crippen LogP contribution >= 0.6 is 0 Å². The van der Waals surface area contributed by atoms with E-state index < -0.39 is 47.2 Å². The number of fused-ring (bicyclic) bond motifs is 2. The number of alkyl halides is 3. The van der Waals surface area contributed by atoms with Crippen molar-refractivity contribution in [3.05, 3.63) is 53.1 Å². The summed E-state index contributed by atoms with van der Waals surface area (Å²) in [5.74, 6) is -4.11. The van der Waals surface area contributed by atoms with Gasteiger partial charge in [0.25, 0.3) is 0 Å². The Bertz CT molecular complexity index is 1260. The van der Waals surface area contributed by atoms with Crippen LogP contribution in [-0.4, -0.2) is 35.6 Å². The van der Waals surface area contributed by atoms with E-state index in [-0.39, 0.29) is 35.9 Å². The van der Waals surface area contributed by atoms with Gasteiger partial charge >= 0.3 is 6.18 Å². The summed E-state index contributed by atoms with van der Waals surface area (Å²) in [5.41, 5.74) is 0.866. The molecule has 2 aromatic carbocycles. The first kappa shape index (κ1) is 23.3. The third-order valence-electron chi connectivity index (χ3n) is 7.60. The molecule has 182 valence electrons. The summed E-state index contributed by atoms with van der Waals surface area (Å²) in [6, 6.07) is 8.62. The van der Waals surface area contributed by atoms with Crippen molar-refractivity contribution in [3.63, 3.8) is 0 Å². The maximum absolute atomic E-state index is 13.7. The number of aryl methyl sites for hydroxylation is 2. The normalized spacial score (nSPS) is 26.5. The number of nitrogens with zero attached hydrogens (tertiary/aromatic N) is 2. The molecule has 1 aliphatic carbocycles. The van der Waals surface area contributed by atoms with E-state index in [0.717, 1.165) is 15.9 Å². The Labute approximate surface area is 199 Å². The molecule has 2 saturated heterocycles. The number of rotatable bonds is 2. The van der Waals surface area contributed by atoms with Crippen LogP contribution in [0, 0.1) is 37.5 Å². The molecule has 4 atom stereocenters. The SMILES string of the molecule is Cc1ccc(-c2ccc(N3C(=O)C4CC5C(=O)N(C)C(=O)C5CC4C3=O)cc2C)c(C(F)(F)F)c1. The molecule has 0 radical (unpaired) electrons. The number of carbonyl (C=O) groups excluding carboxylic acids is 4. The monoisotopic (exact) mass is 484 g/mol. The highest BCUT2D eigenvalue weighted by atomic mass is 19.4. The molecule has 4 unspecified atom stereocenters. The highest BCUT2D eigenvalue weighted by Crippen LogP contribution is 2.48. The van der Waals surface area contributed by atoms with Crippen LogP contribution in [0.2, 0.25) is 0 Å². The van der Waals surface area contributed by atoms with Gasteiger partial charge in [0, 0.05) is 7.05 Å². The van der Waals surface area contributed by atoms with E-state index in [1.165, 1.54) is 31.3 Å². The second-order valence-corrected chi connectivity index (χ2v) is 9.69. The molecule has 2 aliphatic heterocycles. The van der Waals surface area contributed by atoms with Crippen LogP contribution in [0.5, 0.6) is 0 Å². The minimum absolute atomic E-state index is 0.0221. The lowest BCUT2D eigenvalue weighted by molar-refractivity contribution is -0.138. The van der Waals surface area contributed by atoms with Gasteiger partial charge in [-0.3, -0.25) is 29.0 Å². The topological polar surface area (TPSA) is 74.8 Å². The van der Waals surface area contributed by atoms with Crippen LogP contribution < -0.4 is 4.90 Å². The predicted octanol–water partition coefficient (Wildman–Crippen LogP) is 4.12. The Hall–Kier alpha value is -3.49. The molecule has 4 amide bonds. The maximum Gasteiger partial charge on any atom is 0.417 e. The third-order valence-corrected chi connectivity index (χ3v) is 7.60. The summed E-state index contributed by atoms with van der Waals surface area (Å²) in [6.07, 6.45) is -4.26. The van der Waals surface area contributed by atoms with E-state index in [9.17, 15) is 32.3 Å². The number of halogens is 3. The van der Waals surface area contributed by atoms with Crippen LogP contribution in [0.4, 0.5) is 18.9 Å². The average Bonchev–Trinajstić information content (AvgIpc) is 3.17. The summed E-state index contributed by atoms with van der Waals surface area (Å²) < 4.78 is 41.0. The van der Waals surface area contributed by atoms with Crippen LogP contribution in [0.25, 0.3) is 11.1 Å². The lowest BCUT2D eigenvalue weighted by Crippen LogP contribution is -2.35. The lowest BCUT2D eigenvalue weighted by Gasteiger charge is -2.28. The Balaban J connectivity index is 1.48. The van der Waals surface area contributed by atoms with Gasteiger partial charge in [0.2, 0.25) is 23.6 Å². The minimum Gasteiger partial charge on any atom is -0.285 e. The first-order valence-corrected chi connectivity index (χ1v) is 11.4. The second kappa shape index (κ2) is 7.76. The molecule has 0 bridgehead atoms. The van der Waals surface area contributed by atoms with Crippen molar-refractivity contribution >= 4 is 29.3 Å². The Morgan fingerprint density at radius 1 is 0.743 bits per heavy atom. The largest absolute Gasteiger partial charge is 0.417 e. The highest BCUT2D eigenvalue weighted by Gasteiger charge is 2.59. The smallest absolute Gasteiger partial charge is 0.285 e. The Kier molecular flexibility index (Phi) is 5.16. The lowest BCUT2D eigenvalue weighted by atomic mass is 9.70. The fourth-order valence-corrected chi connectivity index (χ4v) is 5.81. The van der Waals surface area contributed by atoms with Gasteiger partial charge < -0.3 is 0 Å². The van der Waals surface area contributed by atoms with Crippen molar-refractivity contribution in [3.8, 4) is 11.1 Å². The number of hydrogen-bond donors (Lipinski definition) is 0. The second-order valence-electron chi connectivity index (χ2n) is 9.69. The van der Waals surface area contributed by atoms with Crippen molar-refractivity contribution < 1.29 is 32.3 Å². The number of imide groups is 2. The van der Waals surface area contributed by atoms with Gasteiger partial charge in [-0.2, -0.15) is 13.2 Å². The summed E-state index contributed by atoms with van der Waals surface area (Å²) >= 11 is 0. The molecule has 35 heavy (non-hydrogen) atoms. The molecule has 1 saturated carbocycles. The molecule has 3 aliphatic rings. The van der Waals surface area contributed by atoms with Crippen molar-refractivity contribution in [2.24, 2.45) is 23.7 Å². The predicted molar refractivity (Wildman–Crippen MR) is 120 cm³/mol. The zero-order valence-electron chi connectivity index (χ0n) is 19.3. The molecular formula is C26H23F3N2O4. The number of carbonyl (C=O) groups is 4. The van der Waals surface area contributed by atoms with E-state index in [1.807, 2.05) is 0 Å². The average molecular weight is 484 g/mol. The number of benzene rings is 2. The van der Waals surface area contributed by atoms with Crippen LogP contribution in [-0.2, 0) is 25.4 Å². The number of amides is 4. The number of likely N-dealkylation sites (tertiary alicyclic amines) is 1. The van der Waals surface area contributed by atoms with E-state index in [4.69, 9.17) is 0 Å². The Morgan fingerprint density at radius 3 is 1.77 bits per heavy atom. The van der Waals surface area contributed by atoms with E-state index in [1.54, 1.807) is 19.9 Å². The van der Waals surface area contributed by atoms with Crippen molar-refractivity contribution in [2.75, 3.05) is 11.9 Å². The van der Waals surface area contributed by atoms with Gasteiger partial charge in [0.15, 0.2) is 0 Å². The summed E-state index contributed by atoms with van der Waals surface area (Å²) in [5, 5.41) is 0. The van der Waals surface area contributed by atoms with Crippen LogP contribution in [0.15, 0.2) is 36.4 Å². The quantitative estimate of drug-likeness (QED) is 0.601. The minimum atomic E-state index is -4.54. The van der Waals surface area contributed by atoms with Crippen molar-refractivity contribution in [1.29, 1.82) is 0 Å². The molecule has 3 fully saturated rings. The summed E-state index contributed by atoms with van der Waals surface area (Å²) in [4.78, 5) is 53.5. The van der Waals surface area contributed by atoms with E-state index in [2.05, 4.69) is 0 Å². The van der Waals surface area contributed by atoms with Crippen LogP contribution in [0.1, 0.15) is 29.5 Å². The van der Waals surface area contributed by atoms with Crippen molar-refractivity contribution in [1.82, 2.24) is 4.90 Å². The molecular weight excluding hydrogens is 461 g/mol. The molecule has 0 aromatic heterocycles. The molecule has 2 aromatic rings. The molecule has 0 spiro atoms.